The maximum atomic E-state index is 5.08. The highest BCUT2D eigenvalue weighted by Gasteiger charge is 1.92. The zero-order chi connectivity index (χ0) is 13.3. The summed E-state index contributed by atoms with van der Waals surface area (Å²) < 4.78 is 5.08. The molecule has 0 fully saturated rings. The van der Waals surface area contributed by atoms with Crippen LogP contribution in [-0.2, 0) is 0 Å². The van der Waals surface area contributed by atoms with Crippen molar-refractivity contribution < 1.29 is 4.74 Å². The van der Waals surface area contributed by atoms with E-state index in [0.717, 1.165) is 11.4 Å². The van der Waals surface area contributed by atoms with Crippen molar-refractivity contribution in [3.63, 3.8) is 0 Å². The van der Waals surface area contributed by atoms with Gasteiger partial charge in [0, 0.05) is 4.90 Å². The molecule has 0 saturated carbocycles. The number of anilines is 1. The Bertz CT molecular complexity index is 514. The van der Waals surface area contributed by atoms with Crippen LogP contribution in [0.5, 0.6) is 5.75 Å². The molecule has 0 amide bonds. The molecule has 0 aliphatic heterocycles. The average Bonchev–Trinajstić information content (AvgIpc) is 2.49. The zero-order valence-electron chi connectivity index (χ0n) is 10.6. The van der Waals surface area contributed by atoms with E-state index in [4.69, 9.17) is 4.74 Å². The van der Waals surface area contributed by atoms with Crippen LogP contribution in [-0.4, -0.2) is 13.0 Å². The molecule has 0 atom stereocenters. The van der Waals surface area contributed by atoms with Crippen molar-refractivity contribution in [1.29, 1.82) is 0 Å². The van der Waals surface area contributed by atoms with Crippen LogP contribution in [0.4, 0.5) is 5.69 Å². The Morgan fingerprint density at radius 3 is 2.47 bits per heavy atom. The third kappa shape index (κ3) is 4.63. The standard InChI is InChI=1S/C14H15N3OS/c1-18-13-9-7-12(8-10-13)16-17-15-11-19-14-5-3-2-4-6-14/h2-10H,11H2,1H3,(H,15,16). The minimum Gasteiger partial charge on any atom is -0.497 e. The predicted octanol–water partition coefficient (Wildman–Crippen LogP) is 4.22. The second kappa shape index (κ2) is 7.43. The van der Waals surface area contributed by atoms with Crippen LogP contribution in [0.2, 0.25) is 0 Å². The Kier molecular flexibility index (Phi) is 5.25. The highest BCUT2D eigenvalue weighted by atomic mass is 32.2. The van der Waals surface area contributed by atoms with Crippen LogP contribution >= 0.6 is 11.8 Å². The minimum absolute atomic E-state index is 0.590. The monoisotopic (exact) mass is 273 g/mol. The van der Waals surface area contributed by atoms with Crippen molar-refractivity contribution in [3.8, 4) is 5.75 Å². The summed E-state index contributed by atoms with van der Waals surface area (Å²) in [6.45, 7) is 0. The van der Waals surface area contributed by atoms with Gasteiger partial charge in [-0.1, -0.05) is 23.4 Å². The lowest BCUT2D eigenvalue weighted by Crippen LogP contribution is -1.88. The van der Waals surface area contributed by atoms with Crippen molar-refractivity contribution in [3.05, 3.63) is 54.6 Å². The van der Waals surface area contributed by atoms with Crippen LogP contribution in [0, 0.1) is 0 Å². The summed E-state index contributed by atoms with van der Waals surface area (Å²) in [5.74, 6) is 1.41. The highest BCUT2D eigenvalue weighted by molar-refractivity contribution is 7.99. The first kappa shape index (κ1) is 13.4. The molecule has 0 heterocycles. The Labute approximate surface area is 116 Å². The van der Waals surface area contributed by atoms with Gasteiger partial charge in [0.25, 0.3) is 0 Å². The van der Waals surface area contributed by atoms with Crippen LogP contribution in [0.1, 0.15) is 0 Å². The van der Waals surface area contributed by atoms with Gasteiger partial charge in [-0.05, 0) is 36.4 Å². The third-order valence-electron chi connectivity index (χ3n) is 2.37. The Hall–Kier alpha value is -2.01. The van der Waals surface area contributed by atoms with Gasteiger partial charge in [0.1, 0.15) is 11.6 Å². The molecule has 2 rings (SSSR count). The zero-order valence-corrected chi connectivity index (χ0v) is 11.4. The van der Waals surface area contributed by atoms with E-state index in [1.165, 1.54) is 4.90 Å². The van der Waals surface area contributed by atoms with Gasteiger partial charge < -0.3 is 4.74 Å². The van der Waals surface area contributed by atoms with Crippen LogP contribution in [0.25, 0.3) is 0 Å². The van der Waals surface area contributed by atoms with E-state index >= 15 is 0 Å². The van der Waals surface area contributed by atoms with E-state index < -0.39 is 0 Å². The molecular formula is C14H15N3OS. The first-order chi connectivity index (χ1) is 9.38. The molecule has 0 bridgehead atoms. The summed E-state index contributed by atoms with van der Waals surface area (Å²) in [6.07, 6.45) is 0. The smallest absolute Gasteiger partial charge is 0.119 e. The fraction of sp³-hybridized carbons (Fsp3) is 0.143. The van der Waals surface area contributed by atoms with E-state index in [1.54, 1.807) is 18.9 Å². The van der Waals surface area contributed by atoms with E-state index in [9.17, 15) is 0 Å². The lowest BCUT2D eigenvalue weighted by Gasteiger charge is -2.01. The highest BCUT2D eigenvalue weighted by Crippen LogP contribution is 2.17. The van der Waals surface area contributed by atoms with Gasteiger partial charge in [-0.25, -0.2) is 0 Å². The fourth-order valence-electron chi connectivity index (χ4n) is 1.41. The molecule has 0 aliphatic rings. The molecule has 0 radical (unpaired) electrons. The van der Waals surface area contributed by atoms with E-state index in [-0.39, 0.29) is 0 Å². The van der Waals surface area contributed by atoms with Gasteiger partial charge in [-0.3, -0.25) is 5.43 Å². The van der Waals surface area contributed by atoms with Gasteiger partial charge >= 0.3 is 0 Å². The summed E-state index contributed by atoms with van der Waals surface area (Å²) in [4.78, 5) is 1.19. The number of hydrogen-bond donors (Lipinski definition) is 1. The molecule has 0 saturated heterocycles. The van der Waals surface area contributed by atoms with E-state index in [0.29, 0.717) is 5.88 Å². The van der Waals surface area contributed by atoms with E-state index in [1.807, 2.05) is 42.5 Å². The quantitative estimate of drug-likeness (QED) is 0.487. The van der Waals surface area contributed by atoms with Crippen molar-refractivity contribution in [1.82, 2.24) is 0 Å². The predicted molar refractivity (Wildman–Crippen MR) is 78.6 cm³/mol. The largest absolute Gasteiger partial charge is 0.497 e. The topological polar surface area (TPSA) is 46.0 Å². The summed E-state index contributed by atoms with van der Waals surface area (Å²) in [6, 6.07) is 17.6. The van der Waals surface area contributed by atoms with Crippen molar-refractivity contribution in [2.24, 2.45) is 10.3 Å². The molecule has 5 heteroatoms. The Morgan fingerprint density at radius 1 is 1.05 bits per heavy atom. The van der Waals surface area contributed by atoms with Crippen molar-refractivity contribution in [2.45, 2.75) is 4.90 Å². The van der Waals surface area contributed by atoms with Crippen molar-refractivity contribution in [2.75, 3.05) is 18.4 Å². The molecule has 2 aromatic rings. The minimum atomic E-state index is 0.590. The average molecular weight is 273 g/mol. The molecule has 0 spiro atoms. The first-order valence-electron chi connectivity index (χ1n) is 5.83. The Morgan fingerprint density at radius 2 is 1.79 bits per heavy atom. The van der Waals surface area contributed by atoms with Crippen LogP contribution in [0.3, 0.4) is 0 Å². The molecule has 19 heavy (non-hydrogen) atoms. The van der Waals surface area contributed by atoms with Gasteiger partial charge in [0.05, 0.1) is 12.8 Å². The van der Waals surface area contributed by atoms with Gasteiger partial charge in [0.2, 0.25) is 0 Å². The summed E-state index contributed by atoms with van der Waals surface area (Å²) in [7, 11) is 1.64. The number of nitrogens with one attached hydrogen (secondary N) is 1. The molecule has 0 aromatic heterocycles. The van der Waals surface area contributed by atoms with Crippen LogP contribution in [0.15, 0.2) is 69.8 Å². The molecule has 2 aromatic carbocycles. The Balaban J connectivity index is 1.74. The molecule has 4 nitrogen and oxygen atoms in total. The number of nitrogens with zero attached hydrogens (tertiary/aromatic N) is 2. The summed E-state index contributed by atoms with van der Waals surface area (Å²) in [5, 5.41) is 7.98. The molecule has 1 N–H and O–H groups in total. The number of rotatable bonds is 6. The maximum Gasteiger partial charge on any atom is 0.119 e. The molecule has 0 aliphatic carbocycles. The number of methoxy groups -OCH3 is 1. The third-order valence-corrected chi connectivity index (χ3v) is 3.22. The van der Waals surface area contributed by atoms with Gasteiger partial charge in [-0.2, -0.15) is 5.11 Å². The summed E-state index contributed by atoms with van der Waals surface area (Å²) >= 11 is 1.64. The SMILES string of the molecule is COc1ccc(N/N=N/CSc2ccccc2)cc1. The van der Waals surface area contributed by atoms with Crippen molar-refractivity contribution >= 4 is 17.4 Å². The molecular weight excluding hydrogens is 258 g/mol. The van der Waals surface area contributed by atoms with Gasteiger partial charge in [0.15, 0.2) is 0 Å². The fourth-order valence-corrected chi connectivity index (χ4v) is 2.02. The number of ether oxygens (including phenoxy) is 1. The van der Waals surface area contributed by atoms with Crippen LogP contribution < -0.4 is 10.2 Å². The molecule has 98 valence electrons. The van der Waals surface area contributed by atoms with E-state index in [2.05, 4.69) is 27.9 Å². The van der Waals surface area contributed by atoms with Gasteiger partial charge in [-0.15, -0.1) is 11.8 Å². The number of hydrogen-bond acceptors (Lipinski definition) is 4. The second-order valence-corrected chi connectivity index (χ2v) is 4.69. The summed E-state index contributed by atoms with van der Waals surface area (Å²) in [5.41, 5.74) is 3.76. The second-order valence-electron chi connectivity index (χ2n) is 3.67. The normalized spacial score (nSPS) is 10.6. The first-order valence-corrected chi connectivity index (χ1v) is 6.81. The lowest BCUT2D eigenvalue weighted by atomic mass is 10.3. The lowest BCUT2D eigenvalue weighted by molar-refractivity contribution is 0.415. The maximum absolute atomic E-state index is 5.08. The molecule has 0 unspecified atom stereocenters. The number of benzene rings is 2. The number of thioether (sulfide) groups is 1.